The molecule has 0 amide bonds. The highest BCUT2D eigenvalue weighted by Crippen LogP contribution is 2.25. The Morgan fingerprint density at radius 1 is 1.05 bits per heavy atom. The molecule has 0 unspecified atom stereocenters. The minimum absolute atomic E-state index is 0.325. The molecule has 0 radical (unpaired) electrons. The summed E-state index contributed by atoms with van der Waals surface area (Å²) in [4.78, 5) is 5.39. The Bertz CT molecular complexity index is 251. The maximum Gasteiger partial charge on any atom is 0.0113 e. The van der Waals surface area contributed by atoms with E-state index in [0.717, 1.165) is 12.6 Å². The van der Waals surface area contributed by atoms with Gasteiger partial charge in [0.2, 0.25) is 0 Å². The lowest BCUT2D eigenvalue weighted by molar-refractivity contribution is 0.0947. The molecule has 0 spiro atoms. The topological polar surface area (TPSA) is 32.5 Å². The lowest BCUT2D eigenvalue weighted by Crippen LogP contribution is -2.49. The molecule has 0 atom stereocenters. The number of nitrogens with zero attached hydrogens (tertiary/aromatic N) is 2. The number of nitrogens with two attached hydrogens (primary N) is 1. The van der Waals surface area contributed by atoms with Crippen molar-refractivity contribution in [2.24, 2.45) is 11.1 Å². The molecule has 19 heavy (non-hydrogen) atoms. The van der Waals surface area contributed by atoms with Crippen molar-refractivity contribution in [3.8, 4) is 0 Å². The van der Waals surface area contributed by atoms with E-state index in [1.807, 2.05) is 0 Å². The van der Waals surface area contributed by atoms with Crippen molar-refractivity contribution in [2.75, 3.05) is 39.3 Å². The summed E-state index contributed by atoms with van der Waals surface area (Å²) in [5.74, 6) is 0. The number of piperazine rings is 1. The van der Waals surface area contributed by atoms with Gasteiger partial charge in [0.05, 0.1) is 0 Å². The van der Waals surface area contributed by atoms with Crippen molar-refractivity contribution in [1.82, 2.24) is 9.80 Å². The van der Waals surface area contributed by atoms with Crippen molar-refractivity contribution in [2.45, 2.75) is 58.4 Å². The first-order valence-corrected chi connectivity index (χ1v) is 8.27. The van der Waals surface area contributed by atoms with Crippen molar-refractivity contribution in [1.29, 1.82) is 0 Å². The summed E-state index contributed by atoms with van der Waals surface area (Å²) < 4.78 is 0. The molecule has 0 bridgehead atoms. The fourth-order valence-corrected chi connectivity index (χ4v) is 3.50. The zero-order chi connectivity index (χ0) is 13.7. The number of hydrogen-bond donors (Lipinski definition) is 1. The maximum atomic E-state index is 5.79. The zero-order valence-electron chi connectivity index (χ0n) is 13.0. The van der Waals surface area contributed by atoms with Crippen LogP contribution in [0.3, 0.4) is 0 Å². The second kappa shape index (κ2) is 7.05. The predicted octanol–water partition coefficient (Wildman–Crippen LogP) is 2.31. The van der Waals surface area contributed by atoms with E-state index in [1.165, 1.54) is 71.2 Å². The van der Waals surface area contributed by atoms with Crippen LogP contribution >= 0.6 is 0 Å². The largest absolute Gasteiger partial charge is 0.330 e. The van der Waals surface area contributed by atoms with Gasteiger partial charge in [-0.1, -0.05) is 26.7 Å². The molecule has 0 aromatic carbocycles. The Balaban J connectivity index is 1.61. The van der Waals surface area contributed by atoms with Gasteiger partial charge in [0, 0.05) is 32.2 Å². The smallest absolute Gasteiger partial charge is 0.0113 e. The first-order chi connectivity index (χ1) is 9.11. The van der Waals surface area contributed by atoms with Gasteiger partial charge >= 0.3 is 0 Å². The minimum atomic E-state index is 0.325. The SMILES string of the molecule is CC(C)(CN)CCCN1CCN(C2CCCC2)CC1. The van der Waals surface area contributed by atoms with Gasteiger partial charge in [-0.2, -0.15) is 0 Å². The monoisotopic (exact) mass is 267 g/mol. The van der Waals surface area contributed by atoms with Crippen LogP contribution < -0.4 is 5.73 Å². The first-order valence-electron chi connectivity index (χ1n) is 8.27. The van der Waals surface area contributed by atoms with E-state index in [9.17, 15) is 0 Å². The van der Waals surface area contributed by atoms with Gasteiger partial charge in [-0.05, 0) is 44.2 Å². The van der Waals surface area contributed by atoms with Gasteiger partial charge in [-0.15, -0.1) is 0 Å². The van der Waals surface area contributed by atoms with Gasteiger partial charge in [0.15, 0.2) is 0 Å². The molecule has 2 aliphatic rings. The second-order valence-corrected chi connectivity index (χ2v) is 7.29. The molecule has 0 aromatic heterocycles. The second-order valence-electron chi connectivity index (χ2n) is 7.29. The van der Waals surface area contributed by atoms with E-state index < -0.39 is 0 Å². The summed E-state index contributed by atoms with van der Waals surface area (Å²) in [7, 11) is 0. The minimum Gasteiger partial charge on any atom is -0.330 e. The molecule has 1 heterocycles. The van der Waals surface area contributed by atoms with E-state index in [2.05, 4.69) is 23.6 Å². The molecule has 1 saturated carbocycles. The van der Waals surface area contributed by atoms with E-state index in [1.54, 1.807) is 0 Å². The van der Waals surface area contributed by atoms with Gasteiger partial charge < -0.3 is 10.6 Å². The molecule has 2 fully saturated rings. The number of hydrogen-bond acceptors (Lipinski definition) is 3. The van der Waals surface area contributed by atoms with Crippen molar-refractivity contribution >= 4 is 0 Å². The van der Waals surface area contributed by atoms with Crippen LogP contribution in [0.4, 0.5) is 0 Å². The highest BCUT2D eigenvalue weighted by Gasteiger charge is 2.26. The predicted molar refractivity (Wildman–Crippen MR) is 82.3 cm³/mol. The lowest BCUT2D eigenvalue weighted by Gasteiger charge is -2.38. The summed E-state index contributed by atoms with van der Waals surface area (Å²) in [5.41, 5.74) is 6.12. The number of rotatable bonds is 6. The third-order valence-corrected chi connectivity index (χ3v) is 5.13. The highest BCUT2D eigenvalue weighted by atomic mass is 15.3. The van der Waals surface area contributed by atoms with Gasteiger partial charge in [0.25, 0.3) is 0 Å². The Labute approximate surface area is 119 Å². The molecule has 2 N–H and O–H groups in total. The molecule has 0 aromatic rings. The van der Waals surface area contributed by atoms with Crippen molar-refractivity contribution in [3.05, 3.63) is 0 Å². The highest BCUT2D eigenvalue weighted by molar-refractivity contribution is 4.82. The normalized spacial score (nSPS) is 24.2. The summed E-state index contributed by atoms with van der Waals surface area (Å²) in [6.45, 7) is 11.8. The van der Waals surface area contributed by atoms with Gasteiger partial charge in [-0.3, -0.25) is 4.90 Å². The zero-order valence-corrected chi connectivity index (χ0v) is 13.0. The van der Waals surface area contributed by atoms with E-state index in [-0.39, 0.29) is 0 Å². The maximum absolute atomic E-state index is 5.79. The molecule has 1 aliphatic carbocycles. The van der Waals surface area contributed by atoms with Crippen LogP contribution in [-0.2, 0) is 0 Å². The third kappa shape index (κ3) is 4.73. The Hall–Kier alpha value is -0.120. The quantitative estimate of drug-likeness (QED) is 0.801. The summed E-state index contributed by atoms with van der Waals surface area (Å²) in [6.07, 6.45) is 8.37. The third-order valence-electron chi connectivity index (χ3n) is 5.13. The average molecular weight is 267 g/mol. The summed E-state index contributed by atoms with van der Waals surface area (Å²) >= 11 is 0. The Morgan fingerprint density at radius 2 is 1.68 bits per heavy atom. The van der Waals surface area contributed by atoms with Crippen LogP contribution in [0.1, 0.15) is 52.4 Å². The molecule has 112 valence electrons. The van der Waals surface area contributed by atoms with Crippen LogP contribution in [0.5, 0.6) is 0 Å². The Morgan fingerprint density at radius 3 is 2.26 bits per heavy atom. The fourth-order valence-electron chi connectivity index (χ4n) is 3.50. The van der Waals surface area contributed by atoms with Crippen LogP contribution in [0.15, 0.2) is 0 Å². The standard InChI is InChI=1S/C16H33N3/c1-16(2,14-17)8-5-9-18-10-12-19(13-11-18)15-6-3-4-7-15/h15H,3-14,17H2,1-2H3. The average Bonchev–Trinajstić information content (AvgIpc) is 2.93. The Kier molecular flexibility index (Phi) is 5.67. The van der Waals surface area contributed by atoms with Gasteiger partial charge in [0.1, 0.15) is 0 Å². The first kappa shape index (κ1) is 15.3. The van der Waals surface area contributed by atoms with E-state index in [4.69, 9.17) is 5.73 Å². The van der Waals surface area contributed by atoms with E-state index in [0.29, 0.717) is 5.41 Å². The van der Waals surface area contributed by atoms with E-state index >= 15 is 0 Å². The molecular formula is C16H33N3. The molecule has 2 rings (SSSR count). The van der Waals surface area contributed by atoms with Crippen LogP contribution in [-0.4, -0.2) is 55.1 Å². The molecule has 3 nitrogen and oxygen atoms in total. The summed E-state index contributed by atoms with van der Waals surface area (Å²) in [5, 5.41) is 0. The van der Waals surface area contributed by atoms with Crippen LogP contribution in [0.25, 0.3) is 0 Å². The van der Waals surface area contributed by atoms with Crippen molar-refractivity contribution < 1.29 is 0 Å². The molecule has 3 heteroatoms. The lowest BCUT2D eigenvalue weighted by atomic mass is 9.88. The van der Waals surface area contributed by atoms with Crippen LogP contribution in [0, 0.1) is 5.41 Å². The van der Waals surface area contributed by atoms with Crippen LogP contribution in [0.2, 0.25) is 0 Å². The summed E-state index contributed by atoms with van der Waals surface area (Å²) in [6, 6.07) is 0.915. The fraction of sp³-hybridized carbons (Fsp3) is 1.00. The van der Waals surface area contributed by atoms with Crippen molar-refractivity contribution in [3.63, 3.8) is 0 Å². The molecule has 1 saturated heterocycles. The van der Waals surface area contributed by atoms with Gasteiger partial charge in [-0.25, -0.2) is 0 Å². The molecule has 1 aliphatic heterocycles. The molecular weight excluding hydrogens is 234 g/mol.